The highest BCUT2D eigenvalue weighted by molar-refractivity contribution is 9.10. The quantitative estimate of drug-likeness (QED) is 0.816. The highest BCUT2D eigenvalue weighted by Gasteiger charge is 2.17. The summed E-state index contributed by atoms with van der Waals surface area (Å²) < 4.78 is 37.9. The molecule has 112 valence electrons. The minimum Gasteiger partial charge on any atom is -0.493 e. The molecule has 6 nitrogen and oxygen atoms in total. The average Bonchev–Trinajstić information content (AvgIpc) is 2.48. The molecule has 2 aromatic rings. The van der Waals surface area contributed by atoms with E-state index in [1.54, 1.807) is 12.1 Å². The topological polar surface area (TPSA) is 77.5 Å². The third-order valence-electron chi connectivity index (χ3n) is 2.64. The normalized spacial score (nSPS) is 11.0. The smallest absolute Gasteiger partial charge is 0.262 e. The van der Waals surface area contributed by atoms with Crippen LogP contribution in [0, 0.1) is 0 Å². The maximum Gasteiger partial charge on any atom is 0.262 e. The van der Waals surface area contributed by atoms with E-state index in [0.717, 1.165) is 0 Å². The van der Waals surface area contributed by atoms with Crippen molar-refractivity contribution in [2.45, 2.75) is 4.90 Å². The lowest BCUT2D eigenvalue weighted by molar-refractivity contribution is 0.354. The molecule has 0 aliphatic heterocycles. The number of aromatic nitrogens is 1. The molecule has 0 saturated heterocycles. The number of ether oxygens (including phenoxy) is 2. The van der Waals surface area contributed by atoms with Crippen LogP contribution in [0.4, 0.5) is 5.69 Å². The van der Waals surface area contributed by atoms with Crippen LogP contribution in [-0.2, 0) is 10.0 Å². The zero-order valence-electron chi connectivity index (χ0n) is 11.3. The van der Waals surface area contributed by atoms with E-state index in [1.807, 2.05) is 0 Å². The first-order valence-electron chi connectivity index (χ1n) is 5.82. The van der Waals surface area contributed by atoms with Gasteiger partial charge in [-0.3, -0.25) is 4.72 Å². The molecule has 1 aromatic carbocycles. The summed E-state index contributed by atoms with van der Waals surface area (Å²) in [6, 6.07) is 7.62. The SMILES string of the molecule is COc1ccc(S(=O)(=O)Nc2ccc(Br)nc2)cc1OC. The number of rotatable bonds is 5. The van der Waals surface area contributed by atoms with Gasteiger partial charge in [-0.25, -0.2) is 13.4 Å². The van der Waals surface area contributed by atoms with Crippen molar-refractivity contribution in [3.05, 3.63) is 41.1 Å². The Morgan fingerprint density at radius 2 is 1.81 bits per heavy atom. The first-order chi connectivity index (χ1) is 9.96. The van der Waals surface area contributed by atoms with Gasteiger partial charge in [0.2, 0.25) is 0 Å². The molecule has 0 amide bonds. The van der Waals surface area contributed by atoms with Crippen molar-refractivity contribution in [2.24, 2.45) is 0 Å². The van der Waals surface area contributed by atoms with Gasteiger partial charge in [0.05, 0.1) is 31.0 Å². The second-order valence-electron chi connectivity index (χ2n) is 3.99. The van der Waals surface area contributed by atoms with Gasteiger partial charge in [-0.05, 0) is 40.2 Å². The van der Waals surface area contributed by atoms with Crippen molar-refractivity contribution in [3.63, 3.8) is 0 Å². The number of benzene rings is 1. The fraction of sp³-hybridized carbons (Fsp3) is 0.154. The van der Waals surface area contributed by atoms with Crippen LogP contribution in [0.1, 0.15) is 0 Å². The van der Waals surface area contributed by atoms with Crippen LogP contribution in [0.5, 0.6) is 11.5 Å². The second-order valence-corrected chi connectivity index (χ2v) is 6.49. The lowest BCUT2D eigenvalue weighted by Crippen LogP contribution is -2.13. The van der Waals surface area contributed by atoms with Crippen molar-refractivity contribution in [3.8, 4) is 11.5 Å². The highest BCUT2D eigenvalue weighted by Crippen LogP contribution is 2.30. The molecule has 0 atom stereocenters. The second kappa shape index (κ2) is 6.31. The Labute approximate surface area is 131 Å². The summed E-state index contributed by atoms with van der Waals surface area (Å²) in [6.45, 7) is 0. The minimum absolute atomic E-state index is 0.0723. The first-order valence-corrected chi connectivity index (χ1v) is 8.10. The number of pyridine rings is 1. The third-order valence-corrected chi connectivity index (χ3v) is 4.49. The van der Waals surface area contributed by atoms with Crippen LogP contribution < -0.4 is 14.2 Å². The largest absolute Gasteiger partial charge is 0.493 e. The third kappa shape index (κ3) is 3.64. The van der Waals surface area contributed by atoms with Crippen LogP contribution >= 0.6 is 15.9 Å². The summed E-state index contributed by atoms with van der Waals surface area (Å²) in [6.07, 6.45) is 1.42. The Hall–Kier alpha value is -1.80. The lowest BCUT2D eigenvalue weighted by atomic mass is 10.3. The van der Waals surface area contributed by atoms with Crippen molar-refractivity contribution < 1.29 is 17.9 Å². The minimum atomic E-state index is -3.72. The molecule has 2 rings (SSSR count). The summed E-state index contributed by atoms with van der Waals surface area (Å²) in [5.74, 6) is 0.802. The van der Waals surface area contributed by atoms with E-state index in [0.29, 0.717) is 21.8 Å². The zero-order chi connectivity index (χ0) is 15.5. The molecule has 1 N–H and O–H groups in total. The van der Waals surface area contributed by atoms with Gasteiger partial charge in [-0.15, -0.1) is 0 Å². The van der Waals surface area contributed by atoms with Crippen molar-refractivity contribution in [1.82, 2.24) is 4.98 Å². The molecule has 0 spiro atoms. The molecule has 0 bridgehead atoms. The van der Waals surface area contributed by atoms with E-state index in [-0.39, 0.29) is 4.90 Å². The van der Waals surface area contributed by atoms with Gasteiger partial charge in [-0.2, -0.15) is 0 Å². The standard InChI is InChI=1S/C13H13BrN2O4S/c1-19-11-5-4-10(7-12(11)20-2)21(17,18)16-9-3-6-13(14)15-8-9/h3-8,16H,1-2H3. The summed E-state index contributed by atoms with van der Waals surface area (Å²) >= 11 is 3.19. The number of methoxy groups -OCH3 is 2. The maximum absolute atomic E-state index is 12.3. The number of hydrogen-bond donors (Lipinski definition) is 1. The number of hydrogen-bond acceptors (Lipinski definition) is 5. The highest BCUT2D eigenvalue weighted by atomic mass is 79.9. The molecule has 0 saturated carbocycles. The monoisotopic (exact) mass is 372 g/mol. The van der Waals surface area contributed by atoms with Gasteiger partial charge < -0.3 is 9.47 Å². The Bertz CT molecular complexity index is 732. The molecule has 0 aliphatic carbocycles. The van der Waals surface area contributed by atoms with E-state index in [1.165, 1.54) is 38.6 Å². The fourth-order valence-electron chi connectivity index (χ4n) is 1.63. The van der Waals surface area contributed by atoms with Crippen molar-refractivity contribution >= 4 is 31.6 Å². The van der Waals surface area contributed by atoms with E-state index >= 15 is 0 Å². The molecule has 1 heterocycles. The zero-order valence-corrected chi connectivity index (χ0v) is 13.7. The Kier molecular flexibility index (Phi) is 4.69. The summed E-state index contributed by atoms with van der Waals surface area (Å²) in [5, 5.41) is 0. The van der Waals surface area contributed by atoms with Gasteiger partial charge in [0.25, 0.3) is 10.0 Å². The number of nitrogens with zero attached hydrogens (tertiary/aromatic N) is 1. The van der Waals surface area contributed by atoms with E-state index in [4.69, 9.17) is 9.47 Å². The molecule has 0 unspecified atom stereocenters. The maximum atomic E-state index is 12.3. The van der Waals surface area contributed by atoms with Gasteiger partial charge in [0.15, 0.2) is 11.5 Å². The van der Waals surface area contributed by atoms with E-state index in [2.05, 4.69) is 25.6 Å². The van der Waals surface area contributed by atoms with Crippen LogP contribution in [0.2, 0.25) is 0 Å². The van der Waals surface area contributed by atoms with Crippen LogP contribution in [0.15, 0.2) is 46.0 Å². The average molecular weight is 373 g/mol. The number of sulfonamides is 1. The van der Waals surface area contributed by atoms with Gasteiger partial charge in [0, 0.05) is 6.07 Å². The number of halogens is 1. The molecule has 0 radical (unpaired) electrons. The number of anilines is 1. The van der Waals surface area contributed by atoms with Crippen LogP contribution in [0.25, 0.3) is 0 Å². The van der Waals surface area contributed by atoms with Crippen LogP contribution in [-0.4, -0.2) is 27.6 Å². The van der Waals surface area contributed by atoms with Gasteiger partial charge in [0.1, 0.15) is 4.60 Å². The molecule has 21 heavy (non-hydrogen) atoms. The van der Waals surface area contributed by atoms with Gasteiger partial charge in [-0.1, -0.05) is 0 Å². The summed E-state index contributed by atoms with van der Waals surface area (Å²) in [4.78, 5) is 4.04. The number of nitrogens with one attached hydrogen (secondary N) is 1. The van der Waals surface area contributed by atoms with Crippen molar-refractivity contribution in [1.29, 1.82) is 0 Å². The molecule has 0 aliphatic rings. The molecular formula is C13H13BrN2O4S. The summed E-state index contributed by atoms with van der Waals surface area (Å²) in [5.41, 5.74) is 0.369. The molecule has 0 fully saturated rings. The molecule has 8 heteroatoms. The van der Waals surface area contributed by atoms with Crippen LogP contribution in [0.3, 0.4) is 0 Å². The Balaban J connectivity index is 2.33. The predicted molar refractivity (Wildman–Crippen MR) is 82.3 cm³/mol. The molecule has 1 aromatic heterocycles. The fourth-order valence-corrected chi connectivity index (χ4v) is 2.93. The predicted octanol–water partition coefficient (Wildman–Crippen LogP) is 2.66. The van der Waals surface area contributed by atoms with Gasteiger partial charge >= 0.3 is 0 Å². The Morgan fingerprint density at radius 3 is 2.38 bits per heavy atom. The van der Waals surface area contributed by atoms with E-state index in [9.17, 15) is 8.42 Å². The van der Waals surface area contributed by atoms with E-state index < -0.39 is 10.0 Å². The first kappa shape index (κ1) is 15.6. The Morgan fingerprint density at radius 1 is 1.10 bits per heavy atom. The van der Waals surface area contributed by atoms with Crippen molar-refractivity contribution in [2.75, 3.05) is 18.9 Å². The lowest BCUT2D eigenvalue weighted by Gasteiger charge is -2.11. The summed E-state index contributed by atoms with van der Waals surface area (Å²) in [7, 11) is -0.796. The molecular weight excluding hydrogens is 360 g/mol.